The molecule has 0 spiro atoms. The van der Waals surface area contributed by atoms with E-state index >= 15 is 0 Å². The van der Waals surface area contributed by atoms with Crippen molar-refractivity contribution >= 4 is 0 Å². The number of phenolic OH excluding ortho intramolecular Hbond substituents is 1. The Labute approximate surface area is 117 Å². The van der Waals surface area contributed by atoms with Crippen LogP contribution in [0.25, 0.3) is 11.1 Å². The van der Waals surface area contributed by atoms with Gasteiger partial charge in [0.2, 0.25) is 0 Å². The van der Waals surface area contributed by atoms with Crippen LogP contribution in [0.5, 0.6) is 17.2 Å². The van der Waals surface area contributed by atoms with Gasteiger partial charge in [-0.1, -0.05) is 48.5 Å². The van der Waals surface area contributed by atoms with Gasteiger partial charge in [0.05, 0.1) is 0 Å². The van der Waals surface area contributed by atoms with Gasteiger partial charge in [-0.25, -0.2) is 0 Å². The van der Waals surface area contributed by atoms with Crippen LogP contribution in [0.4, 0.5) is 0 Å². The number of benzene rings is 3. The van der Waals surface area contributed by atoms with Gasteiger partial charge >= 0.3 is 0 Å². The zero-order chi connectivity index (χ0) is 13.8. The van der Waals surface area contributed by atoms with Gasteiger partial charge in [0.25, 0.3) is 0 Å². The van der Waals surface area contributed by atoms with Crippen molar-refractivity contribution in [1.29, 1.82) is 0 Å². The molecular weight excluding hydrogens is 248 g/mol. The van der Waals surface area contributed by atoms with E-state index < -0.39 is 0 Å². The number of ether oxygens (including phenoxy) is 1. The van der Waals surface area contributed by atoms with Gasteiger partial charge < -0.3 is 9.84 Å². The molecule has 0 aromatic heterocycles. The largest absolute Gasteiger partial charge is 0.508 e. The molecule has 0 saturated carbocycles. The van der Waals surface area contributed by atoms with Crippen molar-refractivity contribution in [2.24, 2.45) is 0 Å². The summed E-state index contributed by atoms with van der Waals surface area (Å²) in [6.07, 6.45) is 0. The molecule has 1 N–H and O–H groups in total. The maximum Gasteiger partial charge on any atom is 0.135 e. The Morgan fingerprint density at radius 3 is 2.25 bits per heavy atom. The highest BCUT2D eigenvalue weighted by atomic mass is 16.5. The Morgan fingerprint density at radius 1 is 0.700 bits per heavy atom. The molecule has 0 aliphatic carbocycles. The van der Waals surface area contributed by atoms with Gasteiger partial charge in [-0.2, -0.15) is 0 Å². The second-order valence-corrected chi connectivity index (χ2v) is 4.46. The summed E-state index contributed by atoms with van der Waals surface area (Å²) in [5.74, 6) is 1.81. The normalized spacial score (nSPS) is 10.2. The minimum Gasteiger partial charge on any atom is -0.508 e. The average Bonchev–Trinajstić information content (AvgIpc) is 2.49. The lowest BCUT2D eigenvalue weighted by Gasteiger charge is -2.11. The minimum atomic E-state index is 0.247. The van der Waals surface area contributed by atoms with E-state index in [-0.39, 0.29) is 5.75 Å². The van der Waals surface area contributed by atoms with Gasteiger partial charge in [-0.3, -0.25) is 0 Å². The average molecular weight is 262 g/mol. The van der Waals surface area contributed by atoms with Crippen LogP contribution in [0.3, 0.4) is 0 Å². The number of rotatable bonds is 3. The van der Waals surface area contributed by atoms with Crippen molar-refractivity contribution in [3.8, 4) is 28.4 Å². The van der Waals surface area contributed by atoms with E-state index in [1.165, 1.54) is 0 Å². The van der Waals surface area contributed by atoms with Crippen LogP contribution in [-0.2, 0) is 0 Å². The van der Waals surface area contributed by atoms with Crippen LogP contribution in [-0.4, -0.2) is 5.11 Å². The third-order valence-electron chi connectivity index (χ3n) is 3.02. The molecule has 0 fully saturated rings. The Morgan fingerprint density at radius 2 is 1.45 bits per heavy atom. The first kappa shape index (κ1) is 12.3. The third-order valence-corrected chi connectivity index (χ3v) is 3.02. The van der Waals surface area contributed by atoms with Crippen molar-refractivity contribution in [1.82, 2.24) is 0 Å². The summed E-state index contributed by atoms with van der Waals surface area (Å²) >= 11 is 0. The molecule has 0 saturated heterocycles. The molecule has 3 rings (SSSR count). The molecule has 0 aliphatic heterocycles. The number of phenols is 1. The quantitative estimate of drug-likeness (QED) is 0.731. The SMILES string of the molecule is Oc1cccc(-c2ccccc2Oc2ccccc2)c1. The van der Waals surface area contributed by atoms with E-state index in [0.717, 1.165) is 22.6 Å². The number of hydrogen-bond acceptors (Lipinski definition) is 2. The molecule has 0 aliphatic rings. The first-order chi connectivity index (χ1) is 9.83. The Kier molecular flexibility index (Phi) is 3.38. The molecule has 0 bridgehead atoms. The second kappa shape index (κ2) is 5.49. The summed E-state index contributed by atoms with van der Waals surface area (Å²) in [5.41, 5.74) is 1.88. The van der Waals surface area contributed by atoms with Crippen molar-refractivity contribution in [2.75, 3.05) is 0 Å². The van der Waals surface area contributed by atoms with E-state index in [1.54, 1.807) is 12.1 Å². The van der Waals surface area contributed by atoms with Crippen molar-refractivity contribution in [3.63, 3.8) is 0 Å². The van der Waals surface area contributed by atoms with Gasteiger partial charge in [0, 0.05) is 5.56 Å². The van der Waals surface area contributed by atoms with E-state index in [0.29, 0.717) is 0 Å². The molecule has 0 radical (unpaired) electrons. The first-order valence-corrected chi connectivity index (χ1v) is 6.44. The maximum atomic E-state index is 9.61. The monoisotopic (exact) mass is 262 g/mol. The van der Waals surface area contributed by atoms with E-state index in [4.69, 9.17) is 4.74 Å². The molecule has 3 aromatic rings. The fourth-order valence-electron chi connectivity index (χ4n) is 2.08. The molecule has 20 heavy (non-hydrogen) atoms. The van der Waals surface area contributed by atoms with Crippen LogP contribution in [0.2, 0.25) is 0 Å². The van der Waals surface area contributed by atoms with Crippen LogP contribution in [0.15, 0.2) is 78.9 Å². The molecule has 2 nitrogen and oxygen atoms in total. The standard InChI is InChI=1S/C18H14O2/c19-15-8-6-7-14(13-15)17-11-4-5-12-18(17)20-16-9-2-1-3-10-16/h1-13,19H. The molecule has 98 valence electrons. The van der Waals surface area contributed by atoms with E-state index in [9.17, 15) is 5.11 Å². The molecule has 3 aromatic carbocycles. The molecule has 0 atom stereocenters. The molecular formula is C18H14O2. The van der Waals surface area contributed by atoms with Crippen molar-refractivity contribution < 1.29 is 9.84 Å². The van der Waals surface area contributed by atoms with Crippen molar-refractivity contribution in [3.05, 3.63) is 78.9 Å². The third kappa shape index (κ3) is 2.64. The number of aromatic hydroxyl groups is 1. The molecule has 0 unspecified atom stereocenters. The molecule has 0 heterocycles. The van der Waals surface area contributed by atoms with E-state index in [2.05, 4.69) is 0 Å². The van der Waals surface area contributed by atoms with Gasteiger partial charge in [0.1, 0.15) is 17.2 Å². The maximum absolute atomic E-state index is 9.61. The van der Waals surface area contributed by atoms with E-state index in [1.807, 2.05) is 66.7 Å². The second-order valence-electron chi connectivity index (χ2n) is 4.46. The van der Waals surface area contributed by atoms with Gasteiger partial charge in [-0.05, 0) is 35.9 Å². The lowest BCUT2D eigenvalue weighted by molar-refractivity contribution is 0.475. The summed E-state index contributed by atoms with van der Waals surface area (Å²) in [5, 5.41) is 9.61. The van der Waals surface area contributed by atoms with Crippen molar-refractivity contribution in [2.45, 2.75) is 0 Å². The zero-order valence-electron chi connectivity index (χ0n) is 10.9. The Bertz CT molecular complexity index is 705. The molecule has 0 amide bonds. The van der Waals surface area contributed by atoms with Crippen LogP contribution in [0, 0.1) is 0 Å². The highest BCUT2D eigenvalue weighted by molar-refractivity contribution is 5.71. The van der Waals surface area contributed by atoms with Gasteiger partial charge in [0.15, 0.2) is 0 Å². The predicted molar refractivity (Wildman–Crippen MR) is 80.1 cm³/mol. The Hall–Kier alpha value is -2.74. The summed E-state index contributed by atoms with van der Waals surface area (Å²) in [6, 6.07) is 24.6. The fourth-order valence-corrected chi connectivity index (χ4v) is 2.08. The summed E-state index contributed by atoms with van der Waals surface area (Å²) in [4.78, 5) is 0. The van der Waals surface area contributed by atoms with Gasteiger partial charge in [-0.15, -0.1) is 0 Å². The smallest absolute Gasteiger partial charge is 0.135 e. The highest BCUT2D eigenvalue weighted by Crippen LogP contribution is 2.34. The summed E-state index contributed by atoms with van der Waals surface area (Å²) in [7, 11) is 0. The molecule has 2 heteroatoms. The highest BCUT2D eigenvalue weighted by Gasteiger charge is 2.07. The zero-order valence-corrected chi connectivity index (χ0v) is 10.9. The lowest BCUT2D eigenvalue weighted by atomic mass is 10.0. The van der Waals surface area contributed by atoms with Crippen LogP contribution < -0.4 is 4.74 Å². The lowest BCUT2D eigenvalue weighted by Crippen LogP contribution is -1.87. The fraction of sp³-hybridized carbons (Fsp3) is 0. The summed E-state index contributed by atoms with van der Waals surface area (Å²) < 4.78 is 5.92. The first-order valence-electron chi connectivity index (χ1n) is 6.44. The topological polar surface area (TPSA) is 29.5 Å². The number of para-hydroxylation sites is 2. The minimum absolute atomic E-state index is 0.247. The summed E-state index contributed by atoms with van der Waals surface area (Å²) in [6.45, 7) is 0. The van der Waals surface area contributed by atoms with Crippen LogP contribution >= 0.6 is 0 Å². The van der Waals surface area contributed by atoms with Crippen LogP contribution in [0.1, 0.15) is 0 Å². The predicted octanol–water partition coefficient (Wildman–Crippen LogP) is 4.85. The number of hydrogen-bond donors (Lipinski definition) is 1. The Balaban J connectivity index is 2.00.